The van der Waals surface area contributed by atoms with E-state index >= 15 is 0 Å². The van der Waals surface area contributed by atoms with E-state index < -0.39 is 0 Å². The van der Waals surface area contributed by atoms with Crippen molar-refractivity contribution in [2.24, 2.45) is 10.7 Å². The zero-order valence-electron chi connectivity index (χ0n) is 12.2. The van der Waals surface area contributed by atoms with Crippen molar-refractivity contribution < 1.29 is 4.39 Å². The van der Waals surface area contributed by atoms with Crippen LogP contribution in [0.25, 0.3) is 0 Å². The van der Waals surface area contributed by atoms with Gasteiger partial charge in [0.2, 0.25) is 0 Å². The quantitative estimate of drug-likeness (QED) is 0.918. The van der Waals surface area contributed by atoms with Crippen LogP contribution < -0.4 is 10.6 Å². The predicted molar refractivity (Wildman–Crippen MR) is 84.0 cm³/mol. The molecule has 2 aromatic carbocycles. The van der Waals surface area contributed by atoms with Crippen molar-refractivity contribution in [2.45, 2.75) is 19.9 Å². The van der Waals surface area contributed by atoms with Gasteiger partial charge >= 0.3 is 0 Å². The van der Waals surface area contributed by atoms with Crippen LogP contribution in [0.5, 0.6) is 0 Å². The van der Waals surface area contributed by atoms with E-state index in [4.69, 9.17) is 5.73 Å². The number of nitrogens with two attached hydrogens (primary N) is 1. The Kier molecular flexibility index (Phi) is 3.37. The van der Waals surface area contributed by atoms with E-state index in [-0.39, 0.29) is 11.9 Å². The summed E-state index contributed by atoms with van der Waals surface area (Å²) in [5, 5.41) is 0. The summed E-state index contributed by atoms with van der Waals surface area (Å²) >= 11 is 0. The largest absolute Gasteiger partial charge is 0.369 e. The van der Waals surface area contributed by atoms with Crippen molar-refractivity contribution in [1.82, 2.24) is 0 Å². The molecule has 0 bridgehead atoms. The van der Waals surface area contributed by atoms with E-state index in [1.807, 2.05) is 4.90 Å². The van der Waals surface area contributed by atoms with E-state index in [1.54, 1.807) is 12.1 Å². The number of hydrogen-bond donors (Lipinski definition) is 1. The molecular formula is C17H18FN3. The van der Waals surface area contributed by atoms with Crippen molar-refractivity contribution in [1.29, 1.82) is 0 Å². The van der Waals surface area contributed by atoms with Crippen molar-refractivity contribution in [3.8, 4) is 0 Å². The number of rotatable bonds is 2. The molecule has 108 valence electrons. The van der Waals surface area contributed by atoms with Crippen LogP contribution in [0, 0.1) is 19.7 Å². The second kappa shape index (κ2) is 5.20. The van der Waals surface area contributed by atoms with Crippen molar-refractivity contribution in [3.63, 3.8) is 0 Å². The number of benzene rings is 2. The Labute approximate surface area is 123 Å². The highest BCUT2D eigenvalue weighted by Crippen LogP contribution is 2.31. The fourth-order valence-electron chi connectivity index (χ4n) is 2.64. The lowest BCUT2D eigenvalue weighted by molar-refractivity contribution is 0.627. The molecule has 0 spiro atoms. The van der Waals surface area contributed by atoms with Crippen LogP contribution in [0.2, 0.25) is 0 Å². The number of nitrogens with zero attached hydrogens (tertiary/aromatic N) is 2. The standard InChI is InChI=1S/C17H18FN3/c1-11-3-4-13(9-12(11)2)16-10-20-17(19)21(16)15-7-5-14(18)6-8-15/h3-9,16H,10H2,1-2H3,(H2,19,20). The van der Waals surface area contributed by atoms with Gasteiger partial charge in [-0.05, 0) is 54.8 Å². The lowest BCUT2D eigenvalue weighted by atomic mass is 10.00. The zero-order valence-corrected chi connectivity index (χ0v) is 12.2. The molecule has 1 aliphatic rings. The van der Waals surface area contributed by atoms with Crippen LogP contribution in [0.15, 0.2) is 47.5 Å². The molecule has 1 unspecified atom stereocenters. The Morgan fingerprint density at radius 1 is 1.10 bits per heavy atom. The number of hydrogen-bond acceptors (Lipinski definition) is 3. The molecule has 0 radical (unpaired) electrons. The summed E-state index contributed by atoms with van der Waals surface area (Å²) in [5.41, 5.74) is 10.6. The van der Waals surface area contributed by atoms with Gasteiger partial charge in [0.05, 0.1) is 12.6 Å². The van der Waals surface area contributed by atoms with Gasteiger partial charge in [-0.25, -0.2) is 4.39 Å². The molecule has 2 N–H and O–H groups in total. The van der Waals surface area contributed by atoms with Gasteiger partial charge in [0, 0.05) is 5.69 Å². The summed E-state index contributed by atoms with van der Waals surface area (Å²) in [6.07, 6.45) is 0. The van der Waals surface area contributed by atoms with Crippen molar-refractivity contribution in [2.75, 3.05) is 11.4 Å². The second-order valence-electron chi connectivity index (χ2n) is 5.40. The first-order chi connectivity index (χ1) is 10.1. The molecule has 0 saturated heterocycles. The highest BCUT2D eigenvalue weighted by Gasteiger charge is 2.28. The van der Waals surface area contributed by atoms with Crippen LogP contribution in [0.3, 0.4) is 0 Å². The molecule has 3 rings (SSSR count). The third-order valence-corrected chi connectivity index (χ3v) is 4.01. The maximum absolute atomic E-state index is 13.1. The maximum Gasteiger partial charge on any atom is 0.196 e. The number of guanidine groups is 1. The summed E-state index contributed by atoms with van der Waals surface area (Å²) in [4.78, 5) is 6.31. The molecule has 3 nitrogen and oxygen atoms in total. The summed E-state index contributed by atoms with van der Waals surface area (Å²) in [7, 11) is 0. The Balaban J connectivity index is 1.98. The first-order valence-corrected chi connectivity index (χ1v) is 6.98. The minimum atomic E-state index is -0.254. The molecule has 0 amide bonds. The molecule has 1 atom stereocenters. The molecule has 1 aliphatic heterocycles. The molecule has 1 heterocycles. The normalized spacial score (nSPS) is 18.0. The van der Waals surface area contributed by atoms with Crippen LogP contribution in [-0.4, -0.2) is 12.5 Å². The third kappa shape index (κ3) is 2.49. The predicted octanol–water partition coefficient (Wildman–Crippen LogP) is 3.32. The first-order valence-electron chi connectivity index (χ1n) is 6.98. The molecule has 2 aromatic rings. The zero-order chi connectivity index (χ0) is 15.0. The van der Waals surface area contributed by atoms with Crippen LogP contribution in [0.1, 0.15) is 22.7 Å². The highest BCUT2D eigenvalue weighted by atomic mass is 19.1. The highest BCUT2D eigenvalue weighted by molar-refractivity contribution is 5.97. The Morgan fingerprint density at radius 2 is 1.81 bits per heavy atom. The maximum atomic E-state index is 13.1. The Bertz CT molecular complexity index is 692. The summed E-state index contributed by atoms with van der Waals surface area (Å²) in [6, 6.07) is 12.8. The number of aryl methyl sites for hydroxylation is 2. The molecule has 4 heteroatoms. The minimum absolute atomic E-state index is 0.0646. The molecule has 21 heavy (non-hydrogen) atoms. The Morgan fingerprint density at radius 3 is 2.48 bits per heavy atom. The van der Waals surface area contributed by atoms with Gasteiger partial charge in [-0.1, -0.05) is 18.2 Å². The topological polar surface area (TPSA) is 41.6 Å². The molecule has 0 aliphatic carbocycles. The third-order valence-electron chi connectivity index (χ3n) is 4.01. The van der Waals surface area contributed by atoms with E-state index in [1.165, 1.54) is 28.8 Å². The van der Waals surface area contributed by atoms with E-state index in [9.17, 15) is 4.39 Å². The second-order valence-corrected chi connectivity index (χ2v) is 5.40. The Hall–Kier alpha value is -2.36. The first kappa shape index (κ1) is 13.6. The average Bonchev–Trinajstić information content (AvgIpc) is 2.85. The van der Waals surface area contributed by atoms with Crippen molar-refractivity contribution in [3.05, 3.63) is 65.0 Å². The molecular weight excluding hydrogens is 265 g/mol. The fourth-order valence-corrected chi connectivity index (χ4v) is 2.64. The lowest BCUT2D eigenvalue weighted by Gasteiger charge is -2.27. The van der Waals surface area contributed by atoms with E-state index in [0.717, 1.165) is 5.69 Å². The van der Waals surface area contributed by atoms with Gasteiger partial charge in [0.25, 0.3) is 0 Å². The van der Waals surface area contributed by atoms with Gasteiger partial charge in [-0.15, -0.1) is 0 Å². The summed E-state index contributed by atoms with van der Waals surface area (Å²) in [6.45, 7) is 4.81. The van der Waals surface area contributed by atoms with E-state index in [2.05, 4.69) is 37.0 Å². The van der Waals surface area contributed by atoms with Gasteiger partial charge < -0.3 is 10.6 Å². The van der Waals surface area contributed by atoms with Crippen LogP contribution >= 0.6 is 0 Å². The molecule has 0 fully saturated rings. The van der Waals surface area contributed by atoms with Gasteiger partial charge in [0.15, 0.2) is 5.96 Å². The minimum Gasteiger partial charge on any atom is -0.369 e. The van der Waals surface area contributed by atoms with Crippen molar-refractivity contribution >= 4 is 11.6 Å². The fraction of sp³-hybridized carbons (Fsp3) is 0.235. The molecule has 0 aromatic heterocycles. The van der Waals surface area contributed by atoms with Gasteiger partial charge in [0.1, 0.15) is 5.82 Å². The SMILES string of the molecule is Cc1ccc(C2CN=C(N)N2c2ccc(F)cc2)cc1C. The number of halogens is 1. The van der Waals surface area contributed by atoms with Gasteiger partial charge in [-0.3, -0.25) is 4.99 Å². The summed E-state index contributed by atoms with van der Waals surface area (Å²) in [5.74, 6) is 0.223. The summed E-state index contributed by atoms with van der Waals surface area (Å²) < 4.78 is 13.1. The number of anilines is 1. The van der Waals surface area contributed by atoms with Crippen LogP contribution in [-0.2, 0) is 0 Å². The number of aliphatic imine (C=N–C) groups is 1. The van der Waals surface area contributed by atoms with E-state index in [0.29, 0.717) is 12.5 Å². The average molecular weight is 283 g/mol. The lowest BCUT2D eigenvalue weighted by Crippen LogP contribution is -2.36. The molecule has 0 saturated carbocycles. The smallest absolute Gasteiger partial charge is 0.196 e. The van der Waals surface area contributed by atoms with Crippen LogP contribution in [0.4, 0.5) is 10.1 Å². The monoisotopic (exact) mass is 283 g/mol. The van der Waals surface area contributed by atoms with Gasteiger partial charge in [-0.2, -0.15) is 0 Å².